The maximum Gasteiger partial charge on any atom is 0.125 e. The molecule has 1 aliphatic carbocycles. The Kier molecular flexibility index (Phi) is 4.61. The fraction of sp³-hybridized carbons (Fsp3) is 0.632. The summed E-state index contributed by atoms with van der Waals surface area (Å²) >= 11 is 0. The fourth-order valence-corrected chi connectivity index (χ4v) is 3.47. The van der Waals surface area contributed by atoms with Crippen LogP contribution < -0.4 is 5.32 Å². The van der Waals surface area contributed by atoms with Crippen LogP contribution in [0.5, 0.6) is 0 Å². The van der Waals surface area contributed by atoms with Crippen LogP contribution in [0.4, 0.5) is 5.69 Å². The predicted octanol–water partition coefficient (Wildman–Crippen LogP) is 5.30. The van der Waals surface area contributed by atoms with E-state index in [-0.39, 0.29) is 0 Å². The van der Waals surface area contributed by atoms with Gasteiger partial charge in [0.2, 0.25) is 0 Å². The van der Waals surface area contributed by atoms with Crippen LogP contribution in [-0.2, 0) is 0 Å². The molecule has 1 aromatic carbocycles. The molecule has 1 fully saturated rings. The molecule has 2 rings (SSSR count). The molecule has 2 heteroatoms. The Morgan fingerprint density at radius 1 is 1.24 bits per heavy atom. The molecule has 1 N–H and O–H groups in total. The van der Waals surface area contributed by atoms with Gasteiger partial charge in [-0.25, -0.2) is 0 Å². The summed E-state index contributed by atoms with van der Waals surface area (Å²) in [6, 6.07) is 10.9. The van der Waals surface area contributed by atoms with Gasteiger partial charge in [0.05, 0.1) is 6.07 Å². The Labute approximate surface area is 129 Å². The minimum atomic E-state index is -0.395. The first-order valence-corrected chi connectivity index (χ1v) is 8.11. The van der Waals surface area contributed by atoms with Crippen LogP contribution in [0.3, 0.4) is 0 Å². The molecular formula is C19H28N2. The molecule has 0 saturated heterocycles. The largest absolute Gasteiger partial charge is 0.367 e. The number of hydrogen-bond acceptors (Lipinski definition) is 2. The van der Waals surface area contributed by atoms with Crippen molar-refractivity contribution in [2.75, 3.05) is 5.32 Å². The SMILES string of the molecule is Cc1cccc(NC2(C#N)CCCC(C(C)(C)C)CC2)c1. The molecule has 1 aliphatic rings. The number of anilines is 1. The van der Waals surface area contributed by atoms with Gasteiger partial charge in [-0.2, -0.15) is 5.26 Å². The zero-order valence-corrected chi connectivity index (χ0v) is 13.9. The van der Waals surface area contributed by atoms with E-state index in [0.29, 0.717) is 11.3 Å². The number of nitriles is 1. The second-order valence-corrected chi connectivity index (χ2v) is 7.68. The molecule has 1 saturated carbocycles. The van der Waals surface area contributed by atoms with Crippen LogP contribution in [0, 0.1) is 29.6 Å². The summed E-state index contributed by atoms with van der Waals surface area (Å²) in [6.07, 6.45) is 5.40. The lowest BCUT2D eigenvalue weighted by Crippen LogP contribution is -2.36. The lowest BCUT2D eigenvalue weighted by molar-refractivity contribution is 0.213. The molecule has 114 valence electrons. The van der Waals surface area contributed by atoms with Gasteiger partial charge in [-0.3, -0.25) is 0 Å². The molecule has 0 aliphatic heterocycles. The second-order valence-electron chi connectivity index (χ2n) is 7.68. The van der Waals surface area contributed by atoms with Gasteiger partial charge in [0.15, 0.2) is 0 Å². The summed E-state index contributed by atoms with van der Waals surface area (Å²) in [5, 5.41) is 13.3. The highest BCUT2D eigenvalue weighted by Crippen LogP contribution is 2.40. The number of benzene rings is 1. The maximum atomic E-state index is 9.77. The molecule has 0 heterocycles. The number of nitrogens with one attached hydrogen (secondary N) is 1. The minimum absolute atomic E-state index is 0.342. The van der Waals surface area contributed by atoms with Crippen LogP contribution in [0.2, 0.25) is 0 Å². The van der Waals surface area contributed by atoms with Crippen molar-refractivity contribution in [2.24, 2.45) is 11.3 Å². The van der Waals surface area contributed by atoms with E-state index < -0.39 is 5.54 Å². The van der Waals surface area contributed by atoms with Gasteiger partial charge in [-0.15, -0.1) is 0 Å². The minimum Gasteiger partial charge on any atom is -0.367 e. The van der Waals surface area contributed by atoms with E-state index in [0.717, 1.165) is 31.4 Å². The Hall–Kier alpha value is -1.49. The van der Waals surface area contributed by atoms with E-state index in [1.807, 2.05) is 0 Å². The molecule has 0 radical (unpaired) electrons. The Morgan fingerprint density at radius 3 is 2.62 bits per heavy atom. The quantitative estimate of drug-likeness (QED) is 0.748. The summed E-state index contributed by atoms with van der Waals surface area (Å²) in [5.74, 6) is 0.715. The van der Waals surface area contributed by atoms with Crippen molar-refractivity contribution in [1.82, 2.24) is 0 Å². The maximum absolute atomic E-state index is 9.77. The summed E-state index contributed by atoms with van der Waals surface area (Å²) in [7, 11) is 0. The molecule has 0 bridgehead atoms. The molecule has 0 aromatic heterocycles. The summed E-state index contributed by atoms with van der Waals surface area (Å²) in [5.41, 5.74) is 2.25. The molecule has 2 unspecified atom stereocenters. The molecule has 2 nitrogen and oxygen atoms in total. The van der Waals surface area contributed by atoms with Crippen molar-refractivity contribution in [2.45, 2.75) is 65.3 Å². The van der Waals surface area contributed by atoms with Crippen LogP contribution in [-0.4, -0.2) is 5.54 Å². The lowest BCUT2D eigenvalue weighted by Gasteiger charge is -2.31. The smallest absolute Gasteiger partial charge is 0.125 e. The van der Waals surface area contributed by atoms with Gasteiger partial charge >= 0.3 is 0 Å². The van der Waals surface area contributed by atoms with Crippen LogP contribution in [0.25, 0.3) is 0 Å². The molecule has 0 spiro atoms. The third kappa shape index (κ3) is 4.00. The zero-order chi connectivity index (χ0) is 15.5. The fourth-order valence-electron chi connectivity index (χ4n) is 3.47. The topological polar surface area (TPSA) is 35.8 Å². The summed E-state index contributed by atoms with van der Waals surface area (Å²) in [6.45, 7) is 9.06. The highest BCUT2D eigenvalue weighted by Gasteiger charge is 2.36. The molecule has 1 aromatic rings. The van der Waals surface area contributed by atoms with Gasteiger partial charge in [0, 0.05) is 5.69 Å². The highest BCUT2D eigenvalue weighted by molar-refractivity contribution is 5.49. The van der Waals surface area contributed by atoms with E-state index in [4.69, 9.17) is 0 Å². The van der Waals surface area contributed by atoms with E-state index >= 15 is 0 Å². The van der Waals surface area contributed by atoms with Gasteiger partial charge in [-0.05, 0) is 68.1 Å². The van der Waals surface area contributed by atoms with Gasteiger partial charge in [0.25, 0.3) is 0 Å². The number of nitrogens with zero attached hydrogens (tertiary/aromatic N) is 1. The second kappa shape index (κ2) is 6.10. The van der Waals surface area contributed by atoms with Crippen molar-refractivity contribution in [3.63, 3.8) is 0 Å². The molecule has 0 amide bonds. The van der Waals surface area contributed by atoms with E-state index in [1.54, 1.807) is 0 Å². The third-order valence-corrected chi connectivity index (χ3v) is 4.92. The number of rotatable bonds is 2. The average molecular weight is 284 g/mol. The van der Waals surface area contributed by atoms with Crippen molar-refractivity contribution >= 4 is 5.69 Å². The van der Waals surface area contributed by atoms with Crippen LogP contribution >= 0.6 is 0 Å². The summed E-state index contributed by atoms with van der Waals surface area (Å²) < 4.78 is 0. The summed E-state index contributed by atoms with van der Waals surface area (Å²) in [4.78, 5) is 0. The normalized spacial score (nSPS) is 26.7. The first-order chi connectivity index (χ1) is 9.85. The predicted molar refractivity (Wildman–Crippen MR) is 89.2 cm³/mol. The Balaban J connectivity index is 2.14. The number of aryl methyl sites for hydroxylation is 1. The molecule has 2 atom stereocenters. The lowest BCUT2D eigenvalue weighted by atomic mass is 9.76. The van der Waals surface area contributed by atoms with E-state index in [9.17, 15) is 5.26 Å². The molecular weight excluding hydrogens is 256 g/mol. The molecule has 21 heavy (non-hydrogen) atoms. The third-order valence-electron chi connectivity index (χ3n) is 4.92. The van der Waals surface area contributed by atoms with Gasteiger partial charge < -0.3 is 5.32 Å². The van der Waals surface area contributed by atoms with Crippen LogP contribution in [0.15, 0.2) is 24.3 Å². The van der Waals surface area contributed by atoms with Crippen molar-refractivity contribution in [1.29, 1.82) is 5.26 Å². The zero-order valence-electron chi connectivity index (χ0n) is 13.9. The number of hydrogen-bond donors (Lipinski definition) is 1. The average Bonchev–Trinajstić information content (AvgIpc) is 2.62. The van der Waals surface area contributed by atoms with Crippen LogP contribution in [0.1, 0.15) is 58.4 Å². The van der Waals surface area contributed by atoms with Gasteiger partial charge in [-0.1, -0.05) is 32.9 Å². The Morgan fingerprint density at radius 2 is 2.00 bits per heavy atom. The van der Waals surface area contributed by atoms with E-state index in [1.165, 1.54) is 12.0 Å². The standard InChI is InChI=1S/C19H28N2/c1-15-7-5-9-17(13-15)21-19(14-20)11-6-8-16(10-12-19)18(2,3)4/h5,7,9,13,16,21H,6,8,10-12H2,1-4H3. The van der Waals surface area contributed by atoms with E-state index in [2.05, 4.69) is 63.3 Å². The first-order valence-electron chi connectivity index (χ1n) is 8.11. The Bertz CT molecular complexity index is 521. The van der Waals surface area contributed by atoms with Gasteiger partial charge in [0.1, 0.15) is 5.54 Å². The van der Waals surface area contributed by atoms with Crippen molar-refractivity contribution < 1.29 is 0 Å². The monoisotopic (exact) mass is 284 g/mol. The highest BCUT2D eigenvalue weighted by atomic mass is 15.0. The first kappa shape index (κ1) is 15.9. The van der Waals surface area contributed by atoms with Crippen molar-refractivity contribution in [3.8, 4) is 6.07 Å². The van der Waals surface area contributed by atoms with Crippen molar-refractivity contribution in [3.05, 3.63) is 29.8 Å².